The van der Waals surface area contributed by atoms with E-state index in [1.165, 1.54) is 36.9 Å². The van der Waals surface area contributed by atoms with Crippen molar-refractivity contribution in [3.05, 3.63) is 62.8 Å². The number of likely N-dealkylation sites (tertiary alicyclic amines) is 1. The summed E-state index contributed by atoms with van der Waals surface area (Å²) in [5.74, 6) is -1.54. The Hall–Kier alpha value is -3.38. The Kier molecular flexibility index (Phi) is 7.47. The van der Waals surface area contributed by atoms with E-state index >= 15 is 0 Å². The molecule has 2 aliphatic rings. The average Bonchev–Trinajstić information content (AvgIpc) is 3.60. The van der Waals surface area contributed by atoms with Crippen LogP contribution in [-0.2, 0) is 9.63 Å². The van der Waals surface area contributed by atoms with Gasteiger partial charge in [-0.15, -0.1) is 11.3 Å². The van der Waals surface area contributed by atoms with Crippen LogP contribution in [0, 0.1) is 11.6 Å². The van der Waals surface area contributed by atoms with E-state index in [0.717, 1.165) is 23.9 Å². The molecule has 0 bridgehead atoms. The van der Waals surface area contributed by atoms with E-state index < -0.39 is 17.7 Å². The fraction of sp³-hybridized carbons (Fsp3) is 0.375. The quantitative estimate of drug-likeness (QED) is 0.399. The molecule has 0 N–H and O–H groups in total. The van der Waals surface area contributed by atoms with E-state index in [0.29, 0.717) is 30.2 Å². The first-order valence-electron chi connectivity index (χ1n) is 11.5. The van der Waals surface area contributed by atoms with Crippen LogP contribution < -0.4 is 9.47 Å². The molecule has 1 amide bonds. The predicted octanol–water partition coefficient (Wildman–Crippen LogP) is 4.52. The van der Waals surface area contributed by atoms with Gasteiger partial charge in [-0.25, -0.2) is 13.8 Å². The van der Waals surface area contributed by atoms with Crippen LogP contribution in [0.3, 0.4) is 0 Å². The zero-order chi connectivity index (χ0) is 25.9. The second kappa shape index (κ2) is 10.9. The lowest BCUT2D eigenvalue weighted by atomic mass is 9.97. The zero-order valence-electron chi connectivity index (χ0n) is 19.7. The molecule has 1 atom stereocenters. The molecule has 9 nitrogen and oxygen atoms in total. The van der Waals surface area contributed by atoms with Crippen LogP contribution in [-0.4, -0.2) is 58.3 Å². The third-order valence-electron chi connectivity index (χ3n) is 6.23. The van der Waals surface area contributed by atoms with Crippen molar-refractivity contribution < 1.29 is 27.9 Å². The lowest BCUT2D eigenvalue weighted by Crippen LogP contribution is -2.40. The normalized spacial score (nSPS) is 17.9. The molecule has 0 radical (unpaired) electrons. The number of benzene rings is 1. The Morgan fingerprint density at radius 2 is 2.00 bits per heavy atom. The van der Waals surface area contributed by atoms with Crippen molar-refractivity contribution in [2.75, 3.05) is 26.8 Å². The van der Waals surface area contributed by atoms with Crippen molar-refractivity contribution >= 4 is 34.6 Å². The number of hydrogen-bond donors (Lipinski definition) is 0. The number of hydrogen-bond acceptors (Lipinski definition) is 9. The van der Waals surface area contributed by atoms with Crippen molar-refractivity contribution in [1.29, 1.82) is 0 Å². The molecule has 2 aliphatic heterocycles. The summed E-state index contributed by atoms with van der Waals surface area (Å²) >= 11 is 7.59. The first-order valence-corrected chi connectivity index (χ1v) is 12.8. The van der Waals surface area contributed by atoms with Gasteiger partial charge in [0.2, 0.25) is 0 Å². The number of nitrogens with zero attached hydrogens (tertiary/aromatic N) is 5. The number of carbonyl (C=O) groups is 1. The zero-order valence-corrected chi connectivity index (χ0v) is 21.3. The fourth-order valence-electron chi connectivity index (χ4n) is 4.23. The van der Waals surface area contributed by atoms with Crippen LogP contribution in [0.2, 0.25) is 5.02 Å². The Balaban J connectivity index is 1.13. The summed E-state index contributed by atoms with van der Waals surface area (Å²) < 4.78 is 38.4. The molecule has 2 aromatic heterocycles. The molecule has 1 saturated heterocycles. The Labute approximate surface area is 220 Å². The highest BCUT2D eigenvalue weighted by Gasteiger charge is 2.32. The van der Waals surface area contributed by atoms with Gasteiger partial charge in [-0.1, -0.05) is 16.8 Å². The highest BCUT2D eigenvalue weighted by molar-refractivity contribution is 7.10. The van der Waals surface area contributed by atoms with E-state index in [-0.39, 0.29) is 41.4 Å². The average molecular weight is 550 g/mol. The number of aromatic nitrogens is 3. The first-order chi connectivity index (χ1) is 17.9. The topological polar surface area (TPSA) is 99.0 Å². The van der Waals surface area contributed by atoms with E-state index in [2.05, 4.69) is 15.1 Å². The number of carbonyl (C=O) groups excluding carboxylic acids is 1. The number of thiazole rings is 1. The molecule has 1 aromatic carbocycles. The molecular weight excluding hydrogens is 528 g/mol. The molecule has 5 rings (SSSR count). The lowest BCUT2D eigenvalue weighted by Gasteiger charge is -2.31. The van der Waals surface area contributed by atoms with E-state index in [4.69, 9.17) is 30.9 Å². The van der Waals surface area contributed by atoms with Gasteiger partial charge in [-0.05, 0) is 25.0 Å². The minimum atomic E-state index is -1.03. The Bertz CT molecular complexity index is 1310. The molecule has 0 aliphatic carbocycles. The van der Waals surface area contributed by atoms with Crippen LogP contribution in [0.4, 0.5) is 8.78 Å². The maximum Gasteiger partial charge on any atom is 0.316 e. The van der Waals surface area contributed by atoms with Gasteiger partial charge in [-0.3, -0.25) is 4.79 Å². The third kappa shape index (κ3) is 5.49. The lowest BCUT2D eigenvalue weighted by molar-refractivity contribution is -0.134. The van der Waals surface area contributed by atoms with Gasteiger partial charge in [-0.2, -0.15) is 9.97 Å². The van der Waals surface area contributed by atoms with Gasteiger partial charge < -0.3 is 19.2 Å². The highest BCUT2D eigenvalue weighted by atomic mass is 35.5. The van der Waals surface area contributed by atoms with Crippen molar-refractivity contribution in [2.45, 2.75) is 31.3 Å². The fourth-order valence-corrected chi connectivity index (χ4v) is 5.49. The van der Waals surface area contributed by atoms with Crippen LogP contribution in [0.15, 0.2) is 35.1 Å². The van der Waals surface area contributed by atoms with Gasteiger partial charge in [0.05, 0.1) is 40.8 Å². The summed E-state index contributed by atoms with van der Waals surface area (Å²) in [7, 11) is 1.47. The van der Waals surface area contributed by atoms with E-state index in [1.807, 2.05) is 5.38 Å². The number of rotatable bonds is 7. The summed E-state index contributed by atoms with van der Waals surface area (Å²) in [6.07, 6.45) is 3.85. The SMILES string of the molecule is COc1ncc(OCC(=O)N2CCC(c3nc(C4=NOC(c5c(Cl)ccc(F)c5F)C4)cs3)CC2)cn1. The second-order valence-electron chi connectivity index (χ2n) is 8.51. The molecule has 1 fully saturated rings. The minimum absolute atomic E-state index is 0.0450. The largest absolute Gasteiger partial charge is 0.481 e. The summed E-state index contributed by atoms with van der Waals surface area (Å²) in [6.45, 7) is 1.08. The number of halogens is 3. The first kappa shape index (κ1) is 25.3. The maximum atomic E-state index is 14.3. The molecule has 3 aromatic rings. The molecule has 0 spiro atoms. The Morgan fingerprint density at radius 1 is 1.24 bits per heavy atom. The molecule has 37 heavy (non-hydrogen) atoms. The van der Waals surface area contributed by atoms with Gasteiger partial charge >= 0.3 is 6.01 Å². The minimum Gasteiger partial charge on any atom is -0.481 e. The molecule has 4 heterocycles. The number of ether oxygens (including phenoxy) is 2. The third-order valence-corrected chi connectivity index (χ3v) is 7.57. The maximum absolute atomic E-state index is 14.3. The van der Waals surface area contributed by atoms with Gasteiger partial charge in [0.15, 0.2) is 30.1 Å². The van der Waals surface area contributed by atoms with Crippen molar-refractivity contribution in [1.82, 2.24) is 19.9 Å². The van der Waals surface area contributed by atoms with E-state index in [9.17, 15) is 13.6 Å². The summed E-state index contributed by atoms with van der Waals surface area (Å²) in [5.41, 5.74) is 1.15. The van der Waals surface area contributed by atoms with Gasteiger partial charge in [0.25, 0.3) is 5.91 Å². The molecule has 13 heteroatoms. The van der Waals surface area contributed by atoms with Crippen LogP contribution in [0.5, 0.6) is 11.8 Å². The van der Waals surface area contributed by atoms with Crippen LogP contribution >= 0.6 is 22.9 Å². The molecular formula is C24H22ClF2N5O4S. The molecule has 1 unspecified atom stereocenters. The molecule has 194 valence electrons. The van der Waals surface area contributed by atoms with Crippen molar-refractivity contribution in [3.63, 3.8) is 0 Å². The smallest absolute Gasteiger partial charge is 0.316 e. The molecule has 0 saturated carbocycles. The number of amides is 1. The summed E-state index contributed by atoms with van der Waals surface area (Å²) in [4.78, 5) is 32.3. The standard InChI is InChI=1S/C24H22ClF2N5O4S/c1-34-24-28-9-14(10-29-24)35-11-20(33)32-6-4-13(5-7-32)23-30-18(12-37-23)17-8-19(36-31-17)21-15(25)2-3-16(26)22(21)27/h2-3,9-10,12-13,19H,4-8,11H2,1H3. The second-order valence-corrected chi connectivity index (χ2v) is 9.81. The van der Waals surface area contributed by atoms with Gasteiger partial charge in [0, 0.05) is 30.8 Å². The number of oxime groups is 1. The summed E-state index contributed by atoms with van der Waals surface area (Å²) in [5, 5.41) is 6.96. The monoisotopic (exact) mass is 549 g/mol. The van der Waals surface area contributed by atoms with Crippen molar-refractivity contribution in [3.8, 4) is 11.8 Å². The number of methoxy groups -OCH3 is 1. The number of piperidine rings is 1. The Morgan fingerprint density at radius 3 is 2.73 bits per heavy atom. The summed E-state index contributed by atoms with van der Waals surface area (Å²) in [6, 6.07) is 2.50. The predicted molar refractivity (Wildman–Crippen MR) is 131 cm³/mol. The van der Waals surface area contributed by atoms with E-state index in [1.54, 1.807) is 4.90 Å². The van der Waals surface area contributed by atoms with Crippen LogP contribution in [0.25, 0.3) is 0 Å². The van der Waals surface area contributed by atoms with Crippen LogP contribution in [0.1, 0.15) is 47.5 Å². The highest BCUT2D eigenvalue weighted by Crippen LogP contribution is 2.37. The van der Waals surface area contributed by atoms with Crippen molar-refractivity contribution in [2.24, 2.45) is 5.16 Å². The van der Waals surface area contributed by atoms with Gasteiger partial charge in [0.1, 0.15) is 5.71 Å².